The molecule has 1 saturated heterocycles. The van der Waals surface area contributed by atoms with E-state index < -0.39 is 12.0 Å². The quantitative estimate of drug-likeness (QED) is 0.612. The molecule has 3 amide bonds. The topological polar surface area (TPSA) is 79.0 Å². The number of amides is 3. The molecule has 1 N–H and O–H groups in total. The molecule has 1 aliphatic carbocycles. The van der Waals surface area contributed by atoms with E-state index in [1.165, 1.54) is 0 Å². The van der Waals surface area contributed by atoms with Gasteiger partial charge in [0.25, 0.3) is 5.91 Å². The summed E-state index contributed by atoms with van der Waals surface area (Å²) in [6, 6.07) is 14.9. The minimum absolute atomic E-state index is 0.0116. The maximum Gasteiger partial charge on any atom is 0.254 e. The lowest BCUT2D eigenvalue weighted by Gasteiger charge is -2.42. The Kier molecular flexibility index (Phi) is 6.26. The molecule has 0 aromatic heterocycles. The van der Waals surface area contributed by atoms with Crippen LogP contribution in [0.1, 0.15) is 65.5 Å². The molecule has 2 heterocycles. The molecule has 2 aromatic rings. The molecular weight excluding hydrogens is 430 g/mol. The van der Waals surface area contributed by atoms with Gasteiger partial charge in [0.05, 0.1) is 19.1 Å². The number of carbonyl (C=O) groups excluding carboxylic acids is 3. The van der Waals surface area contributed by atoms with Crippen molar-refractivity contribution in [2.24, 2.45) is 0 Å². The van der Waals surface area contributed by atoms with E-state index in [0.29, 0.717) is 37.2 Å². The van der Waals surface area contributed by atoms with Crippen LogP contribution in [-0.4, -0.2) is 60.3 Å². The summed E-state index contributed by atoms with van der Waals surface area (Å²) in [5, 5.41) is 3.11. The van der Waals surface area contributed by atoms with Crippen LogP contribution in [0.15, 0.2) is 48.5 Å². The van der Waals surface area contributed by atoms with Crippen LogP contribution in [0.25, 0.3) is 0 Å². The van der Waals surface area contributed by atoms with Gasteiger partial charge in [-0.1, -0.05) is 30.3 Å². The van der Waals surface area contributed by atoms with E-state index in [1.807, 2.05) is 58.3 Å². The van der Waals surface area contributed by atoms with Crippen LogP contribution in [-0.2, 0) is 9.59 Å². The number of ether oxygens (including phenoxy) is 1. The number of nitrogens with zero attached hydrogens (tertiary/aromatic N) is 2. The molecular formula is C27H31N3O4. The molecule has 1 saturated carbocycles. The molecule has 178 valence electrons. The molecule has 0 spiro atoms. The van der Waals surface area contributed by atoms with Gasteiger partial charge in [0.2, 0.25) is 11.8 Å². The van der Waals surface area contributed by atoms with E-state index in [0.717, 1.165) is 36.9 Å². The SMILES string of the molecule is COc1cccc(C2C(C(=O)NCCCN3CCCC3=O)c3ccccc3C(=O)N2C2CC2)c1. The third kappa shape index (κ3) is 4.27. The highest BCUT2D eigenvalue weighted by molar-refractivity contribution is 6.01. The normalized spacial score (nSPS) is 22.0. The van der Waals surface area contributed by atoms with E-state index in [2.05, 4.69) is 5.32 Å². The second-order valence-corrected chi connectivity index (χ2v) is 9.36. The molecule has 7 heteroatoms. The highest BCUT2D eigenvalue weighted by Crippen LogP contribution is 2.48. The van der Waals surface area contributed by atoms with Crippen molar-refractivity contribution in [3.05, 3.63) is 65.2 Å². The van der Waals surface area contributed by atoms with Crippen LogP contribution in [0, 0.1) is 0 Å². The van der Waals surface area contributed by atoms with Crippen LogP contribution >= 0.6 is 0 Å². The molecule has 7 nitrogen and oxygen atoms in total. The molecule has 0 bridgehead atoms. The van der Waals surface area contributed by atoms with Gasteiger partial charge in [-0.25, -0.2) is 0 Å². The predicted octanol–water partition coefficient (Wildman–Crippen LogP) is 3.27. The number of nitrogens with one attached hydrogen (secondary N) is 1. The van der Waals surface area contributed by atoms with Crippen molar-refractivity contribution < 1.29 is 19.1 Å². The Hall–Kier alpha value is -3.35. The van der Waals surface area contributed by atoms with Gasteiger partial charge in [0.15, 0.2) is 0 Å². The van der Waals surface area contributed by atoms with Gasteiger partial charge in [0, 0.05) is 37.7 Å². The minimum Gasteiger partial charge on any atom is -0.497 e. The van der Waals surface area contributed by atoms with Crippen LogP contribution in [0.5, 0.6) is 5.75 Å². The van der Waals surface area contributed by atoms with Gasteiger partial charge in [0.1, 0.15) is 5.75 Å². The molecule has 2 unspecified atom stereocenters. The van der Waals surface area contributed by atoms with Crippen LogP contribution in [0.3, 0.4) is 0 Å². The summed E-state index contributed by atoms with van der Waals surface area (Å²) in [5.74, 6) is 0.280. The van der Waals surface area contributed by atoms with Crippen LogP contribution < -0.4 is 10.1 Å². The summed E-state index contributed by atoms with van der Waals surface area (Å²) in [7, 11) is 1.62. The third-order valence-corrected chi connectivity index (χ3v) is 7.11. The first-order chi connectivity index (χ1) is 16.6. The van der Waals surface area contributed by atoms with Crippen molar-refractivity contribution in [3.8, 4) is 5.75 Å². The maximum atomic E-state index is 13.7. The molecule has 34 heavy (non-hydrogen) atoms. The Morgan fingerprint density at radius 3 is 2.68 bits per heavy atom. The lowest BCUT2D eigenvalue weighted by Crippen LogP contribution is -2.48. The lowest BCUT2D eigenvalue weighted by molar-refractivity contribution is -0.127. The molecule has 2 aromatic carbocycles. The van der Waals surface area contributed by atoms with Gasteiger partial charge in [-0.05, 0) is 55.0 Å². The van der Waals surface area contributed by atoms with Gasteiger partial charge < -0.3 is 19.9 Å². The zero-order valence-corrected chi connectivity index (χ0v) is 19.5. The molecule has 3 aliphatic rings. The van der Waals surface area contributed by atoms with Crippen molar-refractivity contribution in [2.45, 2.75) is 50.1 Å². The van der Waals surface area contributed by atoms with Gasteiger partial charge in [-0.3, -0.25) is 14.4 Å². The van der Waals surface area contributed by atoms with Gasteiger partial charge in [-0.15, -0.1) is 0 Å². The first-order valence-electron chi connectivity index (χ1n) is 12.2. The smallest absolute Gasteiger partial charge is 0.254 e. The highest BCUT2D eigenvalue weighted by Gasteiger charge is 2.49. The van der Waals surface area contributed by atoms with E-state index in [4.69, 9.17) is 4.74 Å². The second-order valence-electron chi connectivity index (χ2n) is 9.36. The number of fused-ring (bicyclic) bond motifs is 1. The fraction of sp³-hybridized carbons (Fsp3) is 0.444. The highest BCUT2D eigenvalue weighted by atomic mass is 16.5. The average molecular weight is 462 g/mol. The number of hydrogen-bond donors (Lipinski definition) is 1. The molecule has 2 aliphatic heterocycles. The van der Waals surface area contributed by atoms with Crippen molar-refractivity contribution in [3.63, 3.8) is 0 Å². The van der Waals surface area contributed by atoms with Crippen molar-refractivity contribution in [2.75, 3.05) is 26.7 Å². The van der Waals surface area contributed by atoms with Crippen molar-refractivity contribution in [1.82, 2.24) is 15.1 Å². The first-order valence-corrected chi connectivity index (χ1v) is 12.2. The lowest BCUT2D eigenvalue weighted by atomic mass is 9.79. The van der Waals surface area contributed by atoms with Gasteiger partial charge >= 0.3 is 0 Å². The van der Waals surface area contributed by atoms with E-state index in [-0.39, 0.29) is 23.8 Å². The summed E-state index contributed by atoms with van der Waals surface area (Å²) in [4.78, 5) is 42.9. The summed E-state index contributed by atoms with van der Waals surface area (Å²) in [6.45, 7) is 1.95. The number of rotatable bonds is 8. The Morgan fingerprint density at radius 2 is 1.94 bits per heavy atom. The van der Waals surface area contributed by atoms with Crippen molar-refractivity contribution >= 4 is 17.7 Å². The van der Waals surface area contributed by atoms with E-state index in [1.54, 1.807) is 7.11 Å². The Morgan fingerprint density at radius 1 is 1.12 bits per heavy atom. The number of hydrogen-bond acceptors (Lipinski definition) is 4. The van der Waals surface area contributed by atoms with Crippen molar-refractivity contribution in [1.29, 1.82) is 0 Å². The van der Waals surface area contributed by atoms with E-state index in [9.17, 15) is 14.4 Å². The number of methoxy groups -OCH3 is 1. The number of likely N-dealkylation sites (tertiary alicyclic amines) is 1. The van der Waals surface area contributed by atoms with Crippen LogP contribution in [0.4, 0.5) is 0 Å². The number of benzene rings is 2. The molecule has 2 atom stereocenters. The Bertz CT molecular complexity index is 1100. The molecule has 5 rings (SSSR count). The fourth-order valence-corrected chi connectivity index (χ4v) is 5.30. The molecule has 2 fully saturated rings. The summed E-state index contributed by atoms with van der Waals surface area (Å²) >= 11 is 0. The first kappa shape index (κ1) is 22.4. The minimum atomic E-state index is -0.518. The van der Waals surface area contributed by atoms with Crippen LogP contribution in [0.2, 0.25) is 0 Å². The number of carbonyl (C=O) groups is 3. The monoisotopic (exact) mass is 461 g/mol. The average Bonchev–Trinajstić information content (AvgIpc) is 3.62. The summed E-state index contributed by atoms with van der Waals surface area (Å²) in [6.07, 6.45) is 4.15. The molecule has 0 radical (unpaired) electrons. The Balaban J connectivity index is 1.43. The zero-order chi connectivity index (χ0) is 23.7. The summed E-state index contributed by atoms with van der Waals surface area (Å²) in [5.41, 5.74) is 2.28. The summed E-state index contributed by atoms with van der Waals surface area (Å²) < 4.78 is 5.45. The van der Waals surface area contributed by atoms with Gasteiger partial charge in [-0.2, -0.15) is 0 Å². The predicted molar refractivity (Wildman–Crippen MR) is 128 cm³/mol. The fourth-order valence-electron chi connectivity index (χ4n) is 5.30. The third-order valence-electron chi connectivity index (χ3n) is 7.11. The second kappa shape index (κ2) is 9.49. The standard InChI is InChI=1S/C27H31N3O4/c1-34-20-8-4-7-18(17-20)25-24(26(32)28-14-6-16-29-15-5-11-23(29)31)21-9-2-3-10-22(21)27(33)30(25)19-12-13-19/h2-4,7-10,17,19,24-25H,5-6,11-16H2,1H3,(H,28,32). The zero-order valence-electron chi connectivity index (χ0n) is 19.5. The Labute approximate surface area is 200 Å². The maximum absolute atomic E-state index is 13.7. The largest absolute Gasteiger partial charge is 0.497 e. The van der Waals surface area contributed by atoms with E-state index >= 15 is 0 Å².